The van der Waals surface area contributed by atoms with Crippen molar-refractivity contribution in [1.82, 2.24) is 4.98 Å². The van der Waals surface area contributed by atoms with Crippen LogP contribution in [0.25, 0.3) is 10.8 Å². The number of fused-ring (bicyclic) bond motifs is 1. The van der Waals surface area contributed by atoms with E-state index in [2.05, 4.69) is 4.98 Å². The third kappa shape index (κ3) is 3.10. The summed E-state index contributed by atoms with van der Waals surface area (Å²) in [6.45, 7) is 0.958. The normalized spacial score (nSPS) is 18.3. The Kier molecular flexibility index (Phi) is 4.65. The molecule has 2 heterocycles. The number of hydrogen-bond acceptors (Lipinski definition) is 5. The number of pyridine rings is 1. The van der Waals surface area contributed by atoms with E-state index in [4.69, 9.17) is 14.2 Å². The first kappa shape index (κ1) is 14.9. The van der Waals surface area contributed by atoms with E-state index in [1.165, 1.54) is 7.11 Å². The lowest BCUT2D eigenvalue weighted by atomic mass is 10.0. The fourth-order valence-electron chi connectivity index (χ4n) is 2.66. The van der Waals surface area contributed by atoms with Gasteiger partial charge in [-0.05, 0) is 24.6 Å². The highest BCUT2D eigenvalue weighted by molar-refractivity contribution is 6.05. The number of rotatable bonds is 4. The summed E-state index contributed by atoms with van der Waals surface area (Å²) in [5, 5.41) is 1.73. The number of carbonyl (C=O) groups is 1. The summed E-state index contributed by atoms with van der Waals surface area (Å²) in [6.07, 6.45) is 4.58. The van der Waals surface area contributed by atoms with Crippen LogP contribution < -0.4 is 0 Å². The number of benzene rings is 1. The van der Waals surface area contributed by atoms with Gasteiger partial charge in [-0.3, -0.25) is 4.98 Å². The van der Waals surface area contributed by atoms with Crippen LogP contribution in [0.2, 0.25) is 0 Å². The Bertz CT molecular complexity index is 665. The minimum absolute atomic E-state index is 0.215. The SMILES string of the molecule is COC(=O)c1c(COC2CCCCO2)ncc2ccccc12. The lowest BCUT2D eigenvalue weighted by Crippen LogP contribution is -2.23. The van der Waals surface area contributed by atoms with E-state index in [9.17, 15) is 4.79 Å². The molecule has 5 heteroatoms. The number of aromatic nitrogens is 1. The zero-order chi connectivity index (χ0) is 15.4. The van der Waals surface area contributed by atoms with Crippen molar-refractivity contribution in [2.45, 2.75) is 32.2 Å². The Hall–Kier alpha value is -1.98. The number of ether oxygens (including phenoxy) is 3. The third-order valence-electron chi connectivity index (χ3n) is 3.81. The van der Waals surface area contributed by atoms with Crippen molar-refractivity contribution in [2.24, 2.45) is 0 Å². The number of methoxy groups -OCH3 is 1. The first-order valence-corrected chi connectivity index (χ1v) is 7.47. The van der Waals surface area contributed by atoms with Crippen molar-refractivity contribution in [3.05, 3.63) is 41.7 Å². The first-order valence-electron chi connectivity index (χ1n) is 7.47. The number of esters is 1. The van der Waals surface area contributed by atoms with Gasteiger partial charge in [-0.2, -0.15) is 0 Å². The monoisotopic (exact) mass is 301 g/mol. The maximum atomic E-state index is 12.2. The molecule has 1 fully saturated rings. The molecule has 1 aliphatic rings. The summed E-state index contributed by atoms with van der Waals surface area (Å²) in [6, 6.07) is 7.62. The van der Waals surface area contributed by atoms with Gasteiger partial charge < -0.3 is 14.2 Å². The van der Waals surface area contributed by atoms with Crippen LogP contribution in [0.4, 0.5) is 0 Å². The molecule has 1 atom stereocenters. The molecular formula is C17H19NO4. The van der Waals surface area contributed by atoms with Crippen LogP contribution in [-0.2, 0) is 20.8 Å². The van der Waals surface area contributed by atoms with Gasteiger partial charge in [-0.25, -0.2) is 4.79 Å². The maximum Gasteiger partial charge on any atom is 0.340 e. The van der Waals surface area contributed by atoms with E-state index in [1.54, 1.807) is 6.20 Å². The predicted octanol–water partition coefficient (Wildman–Crippen LogP) is 3.06. The maximum absolute atomic E-state index is 12.2. The molecule has 0 saturated carbocycles. The summed E-state index contributed by atoms with van der Waals surface area (Å²) in [5.41, 5.74) is 1.05. The van der Waals surface area contributed by atoms with Gasteiger partial charge in [-0.15, -0.1) is 0 Å². The molecule has 116 valence electrons. The largest absolute Gasteiger partial charge is 0.465 e. The first-order chi connectivity index (χ1) is 10.8. The van der Waals surface area contributed by atoms with Crippen molar-refractivity contribution in [1.29, 1.82) is 0 Å². The van der Waals surface area contributed by atoms with Crippen LogP contribution >= 0.6 is 0 Å². The van der Waals surface area contributed by atoms with Gasteiger partial charge in [0.15, 0.2) is 6.29 Å². The second kappa shape index (κ2) is 6.85. The van der Waals surface area contributed by atoms with Crippen LogP contribution in [0.5, 0.6) is 0 Å². The molecule has 1 aromatic heterocycles. The van der Waals surface area contributed by atoms with Crippen LogP contribution in [0, 0.1) is 0 Å². The van der Waals surface area contributed by atoms with Crippen LogP contribution in [0.3, 0.4) is 0 Å². The van der Waals surface area contributed by atoms with E-state index in [1.807, 2.05) is 24.3 Å². The van der Waals surface area contributed by atoms with Crippen LogP contribution in [-0.4, -0.2) is 31.0 Å². The molecular weight excluding hydrogens is 282 g/mol. The van der Waals surface area contributed by atoms with E-state index >= 15 is 0 Å². The molecule has 1 aromatic carbocycles. The molecule has 0 amide bonds. The predicted molar refractivity (Wildman–Crippen MR) is 81.5 cm³/mol. The van der Waals surface area contributed by atoms with E-state index < -0.39 is 5.97 Å². The van der Waals surface area contributed by atoms with E-state index in [0.717, 1.165) is 36.6 Å². The van der Waals surface area contributed by atoms with Crippen molar-refractivity contribution in [2.75, 3.05) is 13.7 Å². The van der Waals surface area contributed by atoms with Gasteiger partial charge in [0.05, 0.1) is 25.0 Å². The molecule has 0 N–H and O–H groups in total. The summed E-state index contributed by atoms with van der Waals surface area (Å²) < 4.78 is 16.2. The molecule has 0 radical (unpaired) electrons. The minimum Gasteiger partial charge on any atom is -0.465 e. The van der Waals surface area contributed by atoms with Gasteiger partial charge in [0.1, 0.15) is 0 Å². The Morgan fingerprint density at radius 1 is 1.36 bits per heavy atom. The van der Waals surface area contributed by atoms with Gasteiger partial charge in [0, 0.05) is 18.2 Å². The van der Waals surface area contributed by atoms with Crippen molar-refractivity contribution in [3.63, 3.8) is 0 Å². The second-order valence-corrected chi connectivity index (χ2v) is 5.27. The standard InChI is InChI=1S/C17H19NO4/c1-20-17(19)16-13-7-3-2-6-12(13)10-18-14(16)11-22-15-8-4-5-9-21-15/h2-3,6-7,10,15H,4-5,8-9,11H2,1H3. The van der Waals surface area contributed by atoms with Gasteiger partial charge >= 0.3 is 5.97 Å². The quantitative estimate of drug-likeness (QED) is 0.812. The molecule has 1 unspecified atom stereocenters. The van der Waals surface area contributed by atoms with Crippen molar-refractivity contribution >= 4 is 16.7 Å². The van der Waals surface area contributed by atoms with Crippen molar-refractivity contribution < 1.29 is 19.0 Å². The Balaban J connectivity index is 1.88. The van der Waals surface area contributed by atoms with Gasteiger partial charge in [-0.1, -0.05) is 24.3 Å². The fourth-order valence-corrected chi connectivity index (χ4v) is 2.66. The molecule has 0 bridgehead atoms. The van der Waals surface area contributed by atoms with Crippen LogP contribution in [0.1, 0.15) is 35.3 Å². The minimum atomic E-state index is -0.396. The molecule has 2 aromatic rings. The molecule has 1 aliphatic heterocycles. The molecule has 1 saturated heterocycles. The molecule has 3 rings (SSSR count). The summed E-state index contributed by atoms with van der Waals surface area (Å²) in [5.74, 6) is -0.396. The highest BCUT2D eigenvalue weighted by Crippen LogP contribution is 2.23. The average molecular weight is 301 g/mol. The van der Waals surface area contributed by atoms with E-state index in [0.29, 0.717) is 11.3 Å². The van der Waals surface area contributed by atoms with Gasteiger partial charge in [0.25, 0.3) is 0 Å². The topological polar surface area (TPSA) is 57.7 Å². The van der Waals surface area contributed by atoms with Crippen molar-refractivity contribution in [3.8, 4) is 0 Å². The number of nitrogens with zero attached hydrogens (tertiary/aromatic N) is 1. The average Bonchev–Trinajstić information content (AvgIpc) is 2.59. The Labute approximate surface area is 129 Å². The number of hydrogen-bond donors (Lipinski definition) is 0. The number of carbonyl (C=O) groups excluding carboxylic acids is 1. The summed E-state index contributed by atoms with van der Waals surface area (Å²) >= 11 is 0. The second-order valence-electron chi connectivity index (χ2n) is 5.27. The molecule has 22 heavy (non-hydrogen) atoms. The fraction of sp³-hybridized carbons (Fsp3) is 0.412. The zero-order valence-electron chi connectivity index (χ0n) is 12.6. The molecule has 0 spiro atoms. The Morgan fingerprint density at radius 2 is 2.23 bits per heavy atom. The van der Waals surface area contributed by atoms with E-state index in [-0.39, 0.29) is 12.9 Å². The molecule has 0 aliphatic carbocycles. The third-order valence-corrected chi connectivity index (χ3v) is 3.81. The lowest BCUT2D eigenvalue weighted by Gasteiger charge is -2.23. The highest BCUT2D eigenvalue weighted by Gasteiger charge is 2.20. The highest BCUT2D eigenvalue weighted by atomic mass is 16.7. The summed E-state index contributed by atoms with van der Waals surface area (Å²) in [4.78, 5) is 16.5. The smallest absolute Gasteiger partial charge is 0.340 e. The summed E-state index contributed by atoms with van der Waals surface area (Å²) in [7, 11) is 1.37. The zero-order valence-corrected chi connectivity index (χ0v) is 12.6. The van der Waals surface area contributed by atoms with Crippen LogP contribution in [0.15, 0.2) is 30.5 Å². The molecule has 5 nitrogen and oxygen atoms in total. The van der Waals surface area contributed by atoms with Gasteiger partial charge in [0.2, 0.25) is 0 Å². The Morgan fingerprint density at radius 3 is 3.00 bits per heavy atom. The lowest BCUT2D eigenvalue weighted by molar-refractivity contribution is -0.169.